The van der Waals surface area contributed by atoms with E-state index in [0.717, 1.165) is 0 Å². The molecule has 0 aromatic heterocycles. The second-order valence-electron chi connectivity index (χ2n) is 5.72. The van der Waals surface area contributed by atoms with Crippen LogP contribution in [0.5, 0.6) is 0 Å². The lowest BCUT2D eigenvalue weighted by Crippen LogP contribution is -2.49. The quantitative estimate of drug-likeness (QED) is 0.671. The summed E-state index contributed by atoms with van der Waals surface area (Å²) >= 11 is 0. The number of primary amides is 1. The molecule has 6 heteroatoms. The van der Waals surface area contributed by atoms with Gasteiger partial charge in [-0.2, -0.15) is 0 Å². The van der Waals surface area contributed by atoms with Crippen molar-refractivity contribution in [1.29, 1.82) is 0 Å². The van der Waals surface area contributed by atoms with Crippen LogP contribution in [0.4, 0.5) is 4.79 Å². The first-order valence-corrected chi connectivity index (χ1v) is 6.06. The molecule has 5 N–H and O–H groups in total. The monoisotopic (exact) mass is 259 g/mol. The van der Waals surface area contributed by atoms with E-state index in [1.807, 2.05) is 13.8 Å². The molecule has 18 heavy (non-hydrogen) atoms. The summed E-state index contributed by atoms with van der Waals surface area (Å²) in [4.78, 5) is 22.6. The largest absolute Gasteiger partial charge is 0.444 e. The molecule has 106 valence electrons. The summed E-state index contributed by atoms with van der Waals surface area (Å²) in [5.41, 5.74) is 10.3. The topological polar surface area (TPSA) is 107 Å². The van der Waals surface area contributed by atoms with Gasteiger partial charge in [0.05, 0.1) is 6.04 Å². The average Bonchev–Trinajstić information content (AvgIpc) is 2.13. The van der Waals surface area contributed by atoms with Gasteiger partial charge in [-0.15, -0.1) is 0 Å². The third-order valence-corrected chi connectivity index (χ3v) is 2.53. The fourth-order valence-electron chi connectivity index (χ4n) is 1.50. The fraction of sp³-hybridized carbons (Fsp3) is 0.833. The number of hydrogen-bond acceptors (Lipinski definition) is 4. The molecule has 0 heterocycles. The van der Waals surface area contributed by atoms with Gasteiger partial charge in [-0.25, -0.2) is 4.79 Å². The van der Waals surface area contributed by atoms with E-state index < -0.39 is 23.6 Å². The SMILES string of the molecule is CC(C)C(CNC(=O)OC(C)(C)C)C(N)C(N)=O. The molecule has 0 aliphatic rings. The molecule has 0 rings (SSSR count). The Morgan fingerprint density at radius 1 is 1.28 bits per heavy atom. The Morgan fingerprint density at radius 3 is 2.11 bits per heavy atom. The Balaban J connectivity index is 4.37. The Morgan fingerprint density at radius 2 is 1.78 bits per heavy atom. The molecule has 0 fully saturated rings. The number of amides is 2. The van der Waals surface area contributed by atoms with Crippen LogP contribution in [0.1, 0.15) is 34.6 Å². The molecular weight excluding hydrogens is 234 g/mol. The highest BCUT2D eigenvalue weighted by Crippen LogP contribution is 2.14. The Hall–Kier alpha value is -1.30. The zero-order chi connectivity index (χ0) is 14.5. The Kier molecular flexibility index (Phi) is 6.11. The molecule has 0 radical (unpaired) electrons. The van der Waals surface area contributed by atoms with E-state index in [9.17, 15) is 9.59 Å². The third kappa shape index (κ3) is 6.44. The van der Waals surface area contributed by atoms with Crippen molar-refractivity contribution in [2.75, 3.05) is 6.54 Å². The molecule has 2 unspecified atom stereocenters. The number of ether oxygens (including phenoxy) is 1. The fourth-order valence-corrected chi connectivity index (χ4v) is 1.50. The summed E-state index contributed by atoms with van der Waals surface area (Å²) in [6.45, 7) is 9.44. The first kappa shape index (κ1) is 16.7. The van der Waals surface area contributed by atoms with Crippen LogP contribution in [0.3, 0.4) is 0 Å². The van der Waals surface area contributed by atoms with Gasteiger partial charge in [0.25, 0.3) is 0 Å². The standard InChI is InChI=1S/C12H25N3O3/c1-7(2)8(9(13)10(14)16)6-15-11(17)18-12(3,4)5/h7-9H,6,13H2,1-5H3,(H2,14,16)(H,15,17). The molecule has 0 saturated heterocycles. The van der Waals surface area contributed by atoms with Gasteiger partial charge in [0.15, 0.2) is 0 Å². The minimum atomic E-state index is -0.778. The normalized spacial score (nSPS) is 15.1. The van der Waals surface area contributed by atoms with Gasteiger partial charge in [-0.3, -0.25) is 4.79 Å². The van der Waals surface area contributed by atoms with Crippen LogP contribution in [0.15, 0.2) is 0 Å². The van der Waals surface area contributed by atoms with Crippen molar-refractivity contribution in [3.63, 3.8) is 0 Å². The molecule has 0 aromatic carbocycles. The van der Waals surface area contributed by atoms with Crippen LogP contribution in [-0.2, 0) is 9.53 Å². The summed E-state index contributed by atoms with van der Waals surface area (Å²) in [5.74, 6) is -0.655. The Bertz CT molecular complexity index is 297. The van der Waals surface area contributed by atoms with Gasteiger partial charge >= 0.3 is 6.09 Å². The maximum absolute atomic E-state index is 11.5. The summed E-state index contributed by atoms with van der Waals surface area (Å²) in [5, 5.41) is 2.61. The Labute approximate surface area is 108 Å². The molecule has 2 amide bonds. The molecule has 0 saturated carbocycles. The van der Waals surface area contributed by atoms with Gasteiger partial charge < -0.3 is 21.5 Å². The van der Waals surface area contributed by atoms with Gasteiger partial charge in [0.1, 0.15) is 5.60 Å². The molecule has 0 aliphatic carbocycles. The second-order valence-corrected chi connectivity index (χ2v) is 5.72. The number of nitrogens with two attached hydrogens (primary N) is 2. The molecule has 0 bridgehead atoms. The third-order valence-electron chi connectivity index (χ3n) is 2.53. The zero-order valence-corrected chi connectivity index (χ0v) is 11.8. The van der Waals surface area contributed by atoms with Crippen LogP contribution in [0.25, 0.3) is 0 Å². The highest BCUT2D eigenvalue weighted by atomic mass is 16.6. The number of carbonyl (C=O) groups is 2. The van der Waals surface area contributed by atoms with Gasteiger partial charge in [-0.1, -0.05) is 13.8 Å². The van der Waals surface area contributed by atoms with E-state index in [1.165, 1.54) is 0 Å². The molecule has 0 spiro atoms. The van der Waals surface area contributed by atoms with Crippen LogP contribution < -0.4 is 16.8 Å². The minimum absolute atomic E-state index is 0.127. The lowest BCUT2D eigenvalue weighted by atomic mass is 9.88. The zero-order valence-electron chi connectivity index (χ0n) is 11.8. The summed E-state index contributed by atoms with van der Waals surface area (Å²) in [7, 11) is 0. The van der Waals surface area contributed by atoms with E-state index in [-0.39, 0.29) is 18.4 Å². The first-order valence-electron chi connectivity index (χ1n) is 6.06. The highest BCUT2D eigenvalue weighted by molar-refractivity contribution is 5.80. The number of hydrogen-bond donors (Lipinski definition) is 3. The van der Waals surface area contributed by atoms with Crippen LogP contribution in [-0.4, -0.2) is 30.2 Å². The van der Waals surface area contributed by atoms with Crippen LogP contribution >= 0.6 is 0 Å². The lowest BCUT2D eigenvalue weighted by Gasteiger charge is -2.26. The molecule has 6 nitrogen and oxygen atoms in total. The number of rotatable bonds is 5. The second kappa shape index (κ2) is 6.58. The predicted octanol–water partition coefficient (Wildman–Crippen LogP) is 0.596. The minimum Gasteiger partial charge on any atom is -0.444 e. The van der Waals surface area contributed by atoms with Crippen molar-refractivity contribution in [3.05, 3.63) is 0 Å². The van der Waals surface area contributed by atoms with Crippen molar-refractivity contribution in [3.8, 4) is 0 Å². The van der Waals surface area contributed by atoms with E-state index in [1.54, 1.807) is 20.8 Å². The van der Waals surface area contributed by atoms with Gasteiger partial charge in [0, 0.05) is 12.5 Å². The van der Waals surface area contributed by atoms with Gasteiger partial charge in [-0.05, 0) is 26.7 Å². The van der Waals surface area contributed by atoms with Crippen molar-refractivity contribution in [2.24, 2.45) is 23.3 Å². The molecule has 0 aromatic rings. The van der Waals surface area contributed by atoms with Gasteiger partial charge in [0.2, 0.25) is 5.91 Å². The molecular formula is C12H25N3O3. The van der Waals surface area contributed by atoms with Crippen molar-refractivity contribution in [1.82, 2.24) is 5.32 Å². The number of carbonyl (C=O) groups excluding carboxylic acids is 2. The van der Waals surface area contributed by atoms with E-state index >= 15 is 0 Å². The van der Waals surface area contributed by atoms with Crippen molar-refractivity contribution in [2.45, 2.75) is 46.3 Å². The maximum atomic E-state index is 11.5. The number of nitrogens with one attached hydrogen (secondary N) is 1. The molecule has 0 aliphatic heterocycles. The average molecular weight is 259 g/mol. The maximum Gasteiger partial charge on any atom is 0.407 e. The van der Waals surface area contributed by atoms with Crippen molar-refractivity contribution >= 4 is 12.0 Å². The first-order chi connectivity index (χ1) is 8.04. The van der Waals surface area contributed by atoms with E-state index in [4.69, 9.17) is 16.2 Å². The summed E-state index contributed by atoms with van der Waals surface area (Å²) in [6, 6.07) is -0.778. The highest BCUT2D eigenvalue weighted by Gasteiger charge is 2.26. The van der Waals surface area contributed by atoms with Crippen LogP contribution in [0.2, 0.25) is 0 Å². The summed E-state index contributed by atoms with van der Waals surface area (Å²) in [6.07, 6.45) is -0.523. The smallest absolute Gasteiger partial charge is 0.407 e. The molecule has 2 atom stereocenters. The predicted molar refractivity (Wildman–Crippen MR) is 69.7 cm³/mol. The van der Waals surface area contributed by atoms with E-state index in [0.29, 0.717) is 0 Å². The van der Waals surface area contributed by atoms with Crippen LogP contribution in [0, 0.1) is 11.8 Å². The summed E-state index contributed by atoms with van der Waals surface area (Å²) < 4.78 is 5.10. The van der Waals surface area contributed by atoms with E-state index in [2.05, 4.69) is 5.32 Å². The lowest BCUT2D eigenvalue weighted by molar-refractivity contribution is -0.120. The number of alkyl carbamates (subject to hydrolysis) is 1. The van der Waals surface area contributed by atoms with Crippen molar-refractivity contribution < 1.29 is 14.3 Å².